The first kappa shape index (κ1) is 17.5. The maximum absolute atomic E-state index is 12.2. The summed E-state index contributed by atoms with van der Waals surface area (Å²) in [7, 11) is -3.44. The Labute approximate surface area is 148 Å². The number of carbonyl (C=O) groups excluding carboxylic acids is 1. The molecule has 2 aromatic rings. The number of hydrogen-bond donors (Lipinski definition) is 1. The van der Waals surface area contributed by atoms with Crippen LogP contribution in [0.5, 0.6) is 0 Å². The van der Waals surface area contributed by atoms with Crippen LogP contribution in [0.4, 0.5) is 11.4 Å². The van der Waals surface area contributed by atoms with E-state index in [2.05, 4.69) is 10.2 Å². The second-order valence-corrected chi connectivity index (χ2v) is 8.28. The van der Waals surface area contributed by atoms with Gasteiger partial charge in [-0.2, -0.15) is 0 Å². The first-order valence-electron chi connectivity index (χ1n) is 8.47. The minimum atomic E-state index is -3.44. The highest BCUT2D eigenvalue weighted by Gasteiger charge is 2.17. The van der Waals surface area contributed by atoms with E-state index in [-0.39, 0.29) is 23.0 Å². The van der Waals surface area contributed by atoms with E-state index < -0.39 is 9.84 Å². The molecule has 0 bridgehead atoms. The molecule has 0 saturated carbocycles. The second kappa shape index (κ2) is 7.70. The zero-order valence-electron chi connectivity index (χ0n) is 14.0. The van der Waals surface area contributed by atoms with Gasteiger partial charge in [0.25, 0.3) is 0 Å². The van der Waals surface area contributed by atoms with Crippen molar-refractivity contribution < 1.29 is 13.2 Å². The third-order valence-corrected chi connectivity index (χ3v) is 6.03. The molecule has 1 amide bonds. The molecule has 1 saturated heterocycles. The van der Waals surface area contributed by atoms with E-state index in [0.717, 1.165) is 18.8 Å². The number of rotatable bonds is 6. The van der Waals surface area contributed by atoms with Crippen molar-refractivity contribution in [3.8, 4) is 0 Å². The molecular weight excluding hydrogens is 336 g/mol. The first-order chi connectivity index (χ1) is 12.0. The van der Waals surface area contributed by atoms with E-state index in [4.69, 9.17) is 0 Å². The van der Waals surface area contributed by atoms with Crippen molar-refractivity contribution in [3.63, 3.8) is 0 Å². The molecule has 1 aliphatic heterocycles. The van der Waals surface area contributed by atoms with Crippen molar-refractivity contribution in [1.29, 1.82) is 0 Å². The number of hydrogen-bond acceptors (Lipinski definition) is 4. The zero-order valence-corrected chi connectivity index (χ0v) is 14.8. The average Bonchev–Trinajstić information content (AvgIpc) is 3.16. The Morgan fingerprint density at radius 2 is 1.72 bits per heavy atom. The smallest absolute Gasteiger partial charge is 0.225 e. The van der Waals surface area contributed by atoms with Gasteiger partial charge in [0.1, 0.15) is 0 Å². The molecule has 0 radical (unpaired) electrons. The molecule has 0 atom stereocenters. The maximum atomic E-state index is 12.2. The number of nitrogens with zero attached hydrogens (tertiary/aromatic N) is 1. The SMILES string of the molecule is O=C(CCS(=O)(=O)c1ccccc1)Nc1cccc(N2CCCC2)c1. The number of amides is 1. The van der Waals surface area contributed by atoms with E-state index in [9.17, 15) is 13.2 Å². The Kier molecular flexibility index (Phi) is 5.38. The van der Waals surface area contributed by atoms with Gasteiger partial charge in [0.05, 0.1) is 10.6 Å². The summed E-state index contributed by atoms with van der Waals surface area (Å²) in [6.07, 6.45) is 2.31. The fourth-order valence-electron chi connectivity index (χ4n) is 2.95. The molecule has 0 aromatic heterocycles. The van der Waals surface area contributed by atoms with Crippen molar-refractivity contribution in [2.75, 3.05) is 29.1 Å². The topological polar surface area (TPSA) is 66.5 Å². The van der Waals surface area contributed by atoms with E-state index >= 15 is 0 Å². The van der Waals surface area contributed by atoms with Crippen LogP contribution in [0.3, 0.4) is 0 Å². The van der Waals surface area contributed by atoms with Crippen LogP contribution in [0.25, 0.3) is 0 Å². The summed E-state index contributed by atoms with van der Waals surface area (Å²) in [6.45, 7) is 2.07. The van der Waals surface area contributed by atoms with Crippen molar-refractivity contribution in [3.05, 3.63) is 54.6 Å². The van der Waals surface area contributed by atoms with Gasteiger partial charge < -0.3 is 10.2 Å². The molecule has 5 nitrogen and oxygen atoms in total. The molecular formula is C19H22N2O3S. The van der Waals surface area contributed by atoms with Crippen LogP contribution in [0.15, 0.2) is 59.5 Å². The molecule has 1 heterocycles. The van der Waals surface area contributed by atoms with Crippen molar-refractivity contribution in [2.45, 2.75) is 24.2 Å². The van der Waals surface area contributed by atoms with Gasteiger partial charge in [0.15, 0.2) is 9.84 Å². The Morgan fingerprint density at radius 1 is 1.00 bits per heavy atom. The largest absolute Gasteiger partial charge is 0.371 e. The van der Waals surface area contributed by atoms with Gasteiger partial charge in [-0.25, -0.2) is 8.42 Å². The minimum Gasteiger partial charge on any atom is -0.371 e. The number of sulfone groups is 1. The summed E-state index contributed by atoms with van der Waals surface area (Å²) in [5, 5.41) is 2.80. The molecule has 1 fully saturated rings. The lowest BCUT2D eigenvalue weighted by Crippen LogP contribution is -2.19. The van der Waals surface area contributed by atoms with Crippen molar-refractivity contribution in [2.24, 2.45) is 0 Å². The van der Waals surface area contributed by atoms with Crippen molar-refractivity contribution in [1.82, 2.24) is 0 Å². The Hall–Kier alpha value is -2.34. The third kappa shape index (κ3) is 4.60. The Morgan fingerprint density at radius 3 is 2.44 bits per heavy atom. The molecule has 3 rings (SSSR count). The molecule has 0 aliphatic carbocycles. The number of benzene rings is 2. The van der Waals surface area contributed by atoms with Crippen LogP contribution >= 0.6 is 0 Å². The molecule has 1 aliphatic rings. The minimum absolute atomic E-state index is 0.0643. The van der Waals surface area contributed by atoms with Crippen molar-refractivity contribution >= 4 is 27.1 Å². The van der Waals surface area contributed by atoms with Gasteiger partial charge in [-0.05, 0) is 43.2 Å². The quantitative estimate of drug-likeness (QED) is 0.862. The molecule has 6 heteroatoms. The van der Waals surface area contributed by atoms with Crippen LogP contribution in [0, 0.1) is 0 Å². The summed E-state index contributed by atoms with van der Waals surface area (Å²) in [5.41, 5.74) is 1.79. The van der Waals surface area contributed by atoms with Crippen LogP contribution in [0.2, 0.25) is 0 Å². The Bertz CT molecular complexity index is 829. The normalized spacial score (nSPS) is 14.5. The number of nitrogens with one attached hydrogen (secondary N) is 1. The molecule has 25 heavy (non-hydrogen) atoms. The summed E-state index contributed by atoms with van der Waals surface area (Å²) in [5.74, 6) is -0.493. The predicted octanol–water partition coefficient (Wildman–Crippen LogP) is 3.09. The van der Waals surface area contributed by atoms with Gasteiger partial charge in [-0.3, -0.25) is 4.79 Å². The molecule has 132 valence electrons. The van der Waals surface area contributed by atoms with Crippen LogP contribution in [-0.2, 0) is 14.6 Å². The molecule has 0 spiro atoms. The standard InChI is InChI=1S/C19H22N2O3S/c22-19(11-14-25(23,24)18-9-2-1-3-10-18)20-16-7-6-8-17(15-16)21-12-4-5-13-21/h1-3,6-10,15H,4-5,11-14H2,(H,20,22). The zero-order chi connectivity index (χ0) is 17.7. The molecule has 2 aromatic carbocycles. The van der Waals surface area contributed by atoms with Crippen LogP contribution in [-0.4, -0.2) is 33.2 Å². The fraction of sp³-hybridized carbons (Fsp3) is 0.316. The van der Waals surface area contributed by atoms with Gasteiger partial charge in [-0.15, -0.1) is 0 Å². The van der Waals surface area contributed by atoms with E-state index in [0.29, 0.717) is 5.69 Å². The van der Waals surface area contributed by atoms with Gasteiger partial charge in [0, 0.05) is 30.9 Å². The average molecular weight is 358 g/mol. The summed E-state index contributed by atoms with van der Waals surface area (Å²) < 4.78 is 24.5. The lowest BCUT2D eigenvalue weighted by atomic mass is 10.2. The fourth-order valence-corrected chi connectivity index (χ4v) is 4.21. The monoisotopic (exact) mass is 358 g/mol. The second-order valence-electron chi connectivity index (χ2n) is 6.17. The first-order valence-corrected chi connectivity index (χ1v) is 10.1. The summed E-state index contributed by atoms with van der Waals surface area (Å²) in [4.78, 5) is 14.7. The maximum Gasteiger partial charge on any atom is 0.225 e. The lowest BCUT2D eigenvalue weighted by molar-refractivity contribution is -0.115. The Balaban J connectivity index is 1.58. The molecule has 1 N–H and O–H groups in total. The van der Waals surface area contributed by atoms with Gasteiger partial charge in [0.2, 0.25) is 5.91 Å². The van der Waals surface area contributed by atoms with Gasteiger partial charge >= 0.3 is 0 Å². The highest BCUT2D eigenvalue weighted by Crippen LogP contribution is 2.23. The predicted molar refractivity (Wildman–Crippen MR) is 99.6 cm³/mol. The highest BCUT2D eigenvalue weighted by molar-refractivity contribution is 7.91. The lowest BCUT2D eigenvalue weighted by Gasteiger charge is -2.18. The third-order valence-electron chi connectivity index (χ3n) is 4.30. The summed E-state index contributed by atoms with van der Waals surface area (Å²) >= 11 is 0. The van der Waals surface area contributed by atoms with Crippen LogP contribution in [0.1, 0.15) is 19.3 Å². The van der Waals surface area contributed by atoms with E-state index in [1.807, 2.05) is 24.3 Å². The van der Waals surface area contributed by atoms with Crippen LogP contribution < -0.4 is 10.2 Å². The summed E-state index contributed by atoms with van der Waals surface area (Å²) in [6, 6.07) is 15.9. The van der Waals surface area contributed by atoms with Gasteiger partial charge in [-0.1, -0.05) is 24.3 Å². The number of anilines is 2. The molecule has 0 unspecified atom stereocenters. The highest BCUT2D eigenvalue weighted by atomic mass is 32.2. The number of carbonyl (C=O) groups is 1. The van der Waals surface area contributed by atoms with E-state index in [1.54, 1.807) is 30.3 Å². The van der Waals surface area contributed by atoms with E-state index in [1.165, 1.54) is 12.8 Å².